The molecular formula is C10H7NO2. The van der Waals surface area contributed by atoms with Gasteiger partial charge in [0.05, 0.1) is 0 Å². The van der Waals surface area contributed by atoms with E-state index < -0.39 is 0 Å². The Morgan fingerprint density at radius 1 is 1.38 bits per heavy atom. The smallest absolute Gasteiger partial charge is 0.235 e. The topological polar surface area (TPSA) is 42.6 Å². The number of furan rings is 1. The zero-order valence-corrected chi connectivity index (χ0v) is 6.86. The SMILES string of the molecule is O=C=NCc1cc2ccccc2o1. The van der Waals surface area contributed by atoms with Crippen molar-refractivity contribution in [1.82, 2.24) is 0 Å². The molecule has 3 nitrogen and oxygen atoms in total. The summed E-state index contributed by atoms with van der Waals surface area (Å²) in [6.45, 7) is 0.262. The van der Waals surface area contributed by atoms with E-state index in [9.17, 15) is 4.79 Å². The minimum Gasteiger partial charge on any atom is -0.459 e. The second-order valence-electron chi connectivity index (χ2n) is 2.66. The Labute approximate surface area is 74.7 Å². The van der Waals surface area contributed by atoms with Crippen LogP contribution in [0, 0.1) is 0 Å². The average Bonchev–Trinajstić information content (AvgIpc) is 2.57. The van der Waals surface area contributed by atoms with Crippen LogP contribution in [-0.2, 0) is 11.3 Å². The van der Waals surface area contributed by atoms with Crippen molar-refractivity contribution in [2.75, 3.05) is 0 Å². The maximum absolute atomic E-state index is 9.86. The second kappa shape index (κ2) is 3.25. The van der Waals surface area contributed by atoms with Crippen LogP contribution in [0.15, 0.2) is 39.7 Å². The van der Waals surface area contributed by atoms with Crippen molar-refractivity contribution in [3.8, 4) is 0 Å². The van der Waals surface area contributed by atoms with Crippen LogP contribution >= 0.6 is 0 Å². The van der Waals surface area contributed by atoms with Crippen LogP contribution in [-0.4, -0.2) is 6.08 Å². The maximum Gasteiger partial charge on any atom is 0.235 e. The Balaban J connectivity index is 2.43. The molecule has 1 aromatic heterocycles. The van der Waals surface area contributed by atoms with E-state index >= 15 is 0 Å². The summed E-state index contributed by atoms with van der Waals surface area (Å²) in [6, 6.07) is 9.54. The minimum absolute atomic E-state index is 0.262. The van der Waals surface area contributed by atoms with Crippen molar-refractivity contribution in [2.45, 2.75) is 6.54 Å². The van der Waals surface area contributed by atoms with Gasteiger partial charge in [-0.1, -0.05) is 18.2 Å². The number of hydrogen-bond donors (Lipinski definition) is 0. The van der Waals surface area contributed by atoms with Gasteiger partial charge >= 0.3 is 0 Å². The Morgan fingerprint density at radius 3 is 3.00 bits per heavy atom. The lowest BCUT2D eigenvalue weighted by Crippen LogP contribution is -1.72. The van der Waals surface area contributed by atoms with Crippen molar-refractivity contribution < 1.29 is 9.21 Å². The molecule has 2 rings (SSSR count). The number of para-hydroxylation sites is 1. The molecule has 0 atom stereocenters. The van der Waals surface area contributed by atoms with Crippen molar-refractivity contribution >= 4 is 17.0 Å². The van der Waals surface area contributed by atoms with Gasteiger partial charge in [-0.15, -0.1) is 0 Å². The van der Waals surface area contributed by atoms with Gasteiger partial charge in [0.15, 0.2) is 0 Å². The molecule has 64 valence electrons. The zero-order chi connectivity index (χ0) is 9.10. The summed E-state index contributed by atoms with van der Waals surface area (Å²) in [4.78, 5) is 13.3. The molecule has 0 radical (unpaired) electrons. The van der Waals surface area contributed by atoms with E-state index in [0.29, 0.717) is 5.76 Å². The van der Waals surface area contributed by atoms with E-state index in [1.54, 1.807) is 0 Å². The number of fused-ring (bicyclic) bond motifs is 1. The first-order chi connectivity index (χ1) is 6.40. The number of hydrogen-bond acceptors (Lipinski definition) is 3. The van der Waals surface area contributed by atoms with Gasteiger partial charge in [-0.25, -0.2) is 4.79 Å². The van der Waals surface area contributed by atoms with E-state index in [1.165, 1.54) is 6.08 Å². The first kappa shape index (κ1) is 7.77. The van der Waals surface area contributed by atoms with E-state index in [2.05, 4.69) is 4.99 Å². The van der Waals surface area contributed by atoms with Crippen molar-refractivity contribution in [3.63, 3.8) is 0 Å². The molecule has 0 aliphatic rings. The predicted octanol–water partition coefficient (Wildman–Crippen LogP) is 2.27. The van der Waals surface area contributed by atoms with E-state index in [-0.39, 0.29) is 6.54 Å². The van der Waals surface area contributed by atoms with E-state index in [1.807, 2.05) is 30.3 Å². The molecule has 0 aliphatic carbocycles. The third-order valence-electron chi connectivity index (χ3n) is 1.78. The third-order valence-corrected chi connectivity index (χ3v) is 1.78. The number of nitrogens with zero attached hydrogens (tertiary/aromatic N) is 1. The normalized spacial score (nSPS) is 9.85. The molecule has 1 heterocycles. The number of carbonyl (C=O) groups excluding carboxylic acids is 1. The van der Waals surface area contributed by atoms with Gasteiger partial charge in [0.25, 0.3) is 0 Å². The van der Waals surface area contributed by atoms with Gasteiger partial charge in [0.2, 0.25) is 6.08 Å². The third kappa shape index (κ3) is 1.50. The number of benzene rings is 1. The molecule has 0 spiro atoms. The fraction of sp³-hybridized carbons (Fsp3) is 0.100. The summed E-state index contributed by atoms with van der Waals surface area (Å²) in [5.74, 6) is 0.685. The van der Waals surface area contributed by atoms with Gasteiger partial charge in [-0.2, -0.15) is 4.99 Å². The minimum atomic E-state index is 0.262. The molecule has 3 heteroatoms. The standard InChI is InChI=1S/C10H7NO2/c12-7-11-6-9-5-8-3-1-2-4-10(8)13-9/h1-5H,6H2. The van der Waals surface area contributed by atoms with Crippen LogP contribution in [0.2, 0.25) is 0 Å². The van der Waals surface area contributed by atoms with Gasteiger partial charge in [0.1, 0.15) is 17.9 Å². The van der Waals surface area contributed by atoms with Crippen molar-refractivity contribution in [1.29, 1.82) is 0 Å². The second-order valence-corrected chi connectivity index (χ2v) is 2.66. The van der Waals surface area contributed by atoms with Crippen molar-refractivity contribution in [3.05, 3.63) is 36.1 Å². The first-order valence-corrected chi connectivity index (χ1v) is 3.91. The fourth-order valence-electron chi connectivity index (χ4n) is 1.22. The highest BCUT2D eigenvalue weighted by Gasteiger charge is 2.00. The highest BCUT2D eigenvalue weighted by atomic mass is 16.3. The first-order valence-electron chi connectivity index (χ1n) is 3.91. The molecule has 0 aliphatic heterocycles. The highest BCUT2D eigenvalue weighted by molar-refractivity contribution is 5.77. The van der Waals surface area contributed by atoms with Crippen LogP contribution in [0.25, 0.3) is 11.0 Å². The highest BCUT2D eigenvalue weighted by Crippen LogP contribution is 2.18. The molecule has 0 unspecified atom stereocenters. The summed E-state index contributed by atoms with van der Waals surface area (Å²) in [7, 11) is 0. The fourth-order valence-corrected chi connectivity index (χ4v) is 1.22. The predicted molar refractivity (Wildman–Crippen MR) is 48.0 cm³/mol. The number of rotatable bonds is 2. The van der Waals surface area contributed by atoms with Gasteiger partial charge < -0.3 is 4.42 Å². The van der Waals surface area contributed by atoms with E-state index in [4.69, 9.17) is 4.42 Å². The molecule has 0 amide bonds. The van der Waals surface area contributed by atoms with Gasteiger partial charge in [0, 0.05) is 5.39 Å². The van der Waals surface area contributed by atoms with Gasteiger partial charge in [-0.3, -0.25) is 0 Å². The Hall–Kier alpha value is -1.86. The zero-order valence-electron chi connectivity index (χ0n) is 6.86. The van der Waals surface area contributed by atoms with Crippen LogP contribution in [0.3, 0.4) is 0 Å². The van der Waals surface area contributed by atoms with Crippen LogP contribution in [0.4, 0.5) is 0 Å². The lowest BCUT2D eigenvalue weighted by molar-refractivity contribution is 0.542. The number of isocyanates is 1. The van der Waals surface area contributed by atoms with E-state index in [0.717, 1.165) is 11.0 Å². The molecule has 0 saturated carbocycles. The summed E-state index contributed by atoms with van der Waals surface area (Å²) >= 11 is 0. The number of aliphatic imine (C=N–C) groups is 1. The molecule has 0 bridgehead atoms. The Bertz CT molecular complexity index is 433. The summed E-state index contributed by atoms with van der Waals surface area (Å²) < 4.78 is 5.40. The monoisotopic (exact) mass is 173 g/mol. The molecule has 13 heavy (non-hydrogen) atoms. The molecule has 2 aromatic rings. The molecular weight excluding hydrogens is 166 g/mol. The summed E-state index contributed by atoms with van der Waals surface area (Å²) in [5.41, 5.74) is 0.818. The molecule has 0 N–H and O–H groups in total. The summed E-state index contributed by atoms with van der Waals surface area (Å²) in [6.07, 6.45) is 1.48. The maximum atomic E-state index is 9.86. The Kier molecular flexibility index (Phi) is 1.94. The van der Waals surface area contributed by atoms with Crippen molar-refractivity contribution in [2.24, 2.45) is 4.99 Å². The summed E-state index contributed by atoms with van der Waals surface area (Å²) in [5, 5.41) is 1.03. The quantitative estimate of drug-likeness (QED) is 0.516. The average molecular weight is 173 g/mol. The van der Waals surface area contributed by atoms with Crippen LogP contribution in [0.1, 0.15) is 5.76 Å². The Morgan fingerprint density at radius 2 is 2.23 bits per heavy atom. The van der Waals surface area contributed by atoms with Crippen LogP contribution in [0.5, 0.6) is 0 Å². The lowest BCUT2D eigenvalue weighted by atomic mass is 10.2. The molecule has 1 aromatic carbocycles. The molecule has 0 saturated heterocycles. The van der Waals surface area contributed by atoms with Gasteiger partial charge in [-0.05, 0) is 12.1 Å². The molecule has 0 fully saturated rings. The van der Waals surface area contributed by atoms with Crippen LogP contribution < -0.4 is 0 Å². The lowest BCUT2D eigenvalue weighted by Gasteiger charge is -1.84. The largest absolute Gasteiger partial charge is 0.459 e.